The van der Waals surface area contributed by atoms with Gasteiger partial charge in [-0.05, 0) is 31.0 Å². The Morgan fingerprint density at radius 3 is 2.63 bits per heavy atom. The van der Waals surface area contributed by atoms with Crippen molar-refractivity contribution in [3.8, 4) is 5.75 Å². The van der Waals surface area contributed by atoms with Gasteiger partial charge in [0.2, 0.25) is 5.91 Å². The molecule has 158 valence electrons. The largest absolute Gasteiger partial charge is 0.491 e. The van der Waals surface area contributed by atoms with Gasteiger partial charge < -0.3 is 14.8 Å². The highest BCUT2D eigenvalue weighted by Crippen LogP contribution is 2.30. The van der Waals surface area contributed by atoms with Gasteiger partial charge in [-0.25, -0.2) is 0 Å². The Morgan fingerprint density at radius 1 is 1.17 bits per heavy atom. The molecule has 1 aliphatic rings. The van der Waals surface area contributed by atoms with Crippen molar-refractivity contribution in [2.24, 2.45) is 0 Å². The van der Waals surface area contributed by atoms with Crippen LogP contribution < -0.4 is 15.0 Å². The van der Waals surface area contributed by atoms with Crippen LogP contribution in [0.4, 0.5) is 5.69 Å². The standard InChI is InChI=1S/C23H26N2O5/c1-3-18(17-10-8-16(2)9-11-17)24-21(26)15-30-23(28)14-25-19-6-4-5-7-20(19)29-13-12-22(25)27/h4-11,18H,3,12-15H2,1-2H3,(H,24,26)/t18-/m1/s1. The first-order valence-corrected chi connectivity index (χ1v) is 10.0. The van der Waals surface area contributed by atoms with E-state index >= 15 is 0 Å². The molecule has 0 fully saturated rings. The first-order chi connectivity index (χ1) is 14.5. The molecular formula is C23H26N2O5. The molecule has 0 aromatic heterocycles. The molecule has 0 aliphatic carbocycles. The highest BCUT2D eigenvalue weighted by Gasteiger charge is 2.26. The first-order valence-electron chi connectivity index (χ1n) is 10.0. The van der Waals surface area contributed by atoms with Crippen molar-refractivity contribution in [1.29, 1.82) is 0 Å². The average molecular weight is 410 g/mol. The van der Waals surface area contributed by atoms with E-state index in [9.17, 15) is 14.4 Å². The molecule has 1 atom stereocenters. The molecule has 7 nitrogen and oxygen atoms in total. The van der Waals surface area contributed by atoms with E-state index in [4.69, 9.17) is 9.47 Å². The minimum absolute atomic E-state index is 0.159. The molecule has 0 saturated carbocycles. The zero-order chi connectivity index (χ0) is 21.5. The molecule has 3 rings (SSSR count). The van der Waals surface area contributed by atoms with Crippen molar-refractivity contribution >= 4 is 23.5 Å². The zero-order valence-electron chi connectivity index (χ0n) is 17.2. The monoisotopic (exact) mass is 410 g/mol. The Bertz CT molecular complexity index is 910. The fourth-order valence-corrected chi connectivity index (χ4v) is 3.27. The topological polar surface area (TPSA) is 84.9 Å². The van der Waals surface area contributed by atoms with Crippen molar-refractivity contribution in [2.45, 2.75) is 32.7 Å². The number of amides is 2. The number of esters is 1. The van der Waals surface area contributed by atoms with Crippen molar-refractivity contribution in [3.63, 3.8) is 0 Å². The summed E-state index contributed by atoms with van der Waals surface area (Å²) in [6.45, 7) is 3.55. The summed E-state index contributed by atoms with van der Waals surface area (Å²) in [5.41, 5.74) is 2.66. The summed E-state index contributed by atoms with van der Waals surface area (Å²) in [7, 11) is 0. The molecule has 1 N–H and O–H groups in total. The van der Waals surface area contributed by atoms with Crippen molar-refractivity contribution in [2.75, 3.05) is 24.7 Å². The van der Waals surface area contributed by atoms with Gasteiger partial charge in [-0.1, -0.05) is 48.9 Å². The van der Waals surface area contributed by atoms with Crippen LogP contribution >= 0.6 is 0 Å². The fourth-order valence-electron chi connectivity index (χ4n) is 3.27. The number of nitrogens with one attached hydrogen (secondary N) is 1. The van der Waals surface area contributed by atoms with E-state index in [1.54, 1.807) is 24.3 Å². The van der Waals surface area contributed by atoms with Crippen LogP contribution in [0, 0.1) is 6.92 Å². The number of anilines is 1. The van der Waals surface area contributed by atoms with Crippen LogP contribution in [0.2, 0.25) is 0 Å². The number of para-hydroxylation sites is 2. The summed E-state index contributed by atoms with van der Waals surface area (Å²) in [6.07, 6.45) is 0.874. The number of hydrogen-bond acceptors (Lipinski definition) is 5. The lowest BCUT2D eigenvalue weighted by atomic mass is 10.0. The van der Waals surface area contributed by atoms with Crippen LogP contribution in [0.3, 0.4) is 0 Å². The molecule has 2 amide bonds. The molecule has 0 spiro atoms. The molecule has 0 bridgehead atoms. The van der Waals surface area contributed by atoms with E-state index in [1.807, 2.05) is 38.1 Å². The number of carbonyl (C=O) groups is 3. The van der Waals surface area contributed by atoms with Gasteiger partial charge in [-0.2, -0.15) is 0 Å². The Kier molecular flexibility index (Phi) is 7.06. The van der Waals surface area contributed by atoms with Crippen LogP contribution in [-0.4, -0.2) is 37.5 Å². The number of benzene rings is 2. The molecule has 30 heavy (non-hydrogen) atoms. The fraction of sp³-hybridized carbons (Fsp3) is 0.348. The second kappa shape index (κ2) is 9.91. The summed E-state index contributed by atoms with van der Waals surface area (Å²) in [6, 6.07) is 14.8. The maximum Gasteiger partial charge on any atom is 0.326 e. The number of carbonyl (C=O) groups excluding carboxylic acids is 3. The minimum Gasteiger partial charge on any atom is -0.491 e. The maximum absolute atomic E-state index is 12.4. The van der Waals surface area contributed by atoms with Gasteiger partial charge in [0.25, 0.3) is 5.91 Å². The smallest absolute Gasteiger partial charge is 0.326 e. The average Bonchev–Trinajstić information content (AvgIpc) is 2.90. The molecule has 1 aliphatic heterocycles. The summed E-state index contributed by atoms with van der Waals surface area (Å²) >= 11 is 0. The molecule has 0 saturated heterocycles. The second-order valence-electron chi connectivity index (χ2n) is 7.15. The minimum atomic E-state index is -0.654. The SMILES string of the molecule is CC[C@@H](NC(=O)COC(=O)CN1C(=O)CCOc2ccccc21)c1ccc(C)cc1. The molecular weight excluding hydrogens is 384 g/mol. The normalized spacial score (nSPS) is 14.2. The first kappa shape index (κ1) is 21.4. The van der Waals surface area contributed by atoms with E-state index in [0.29, 0.717) is 17.9 Å². The molecule has 0 radical (unpaired) electrons. The van der Waals surface area contributed by atoms with Crippen LogP contribution in [-0.2, 0) is 19.1 Å². The number of fused-ring (bicyclic) bond motifs is 1. The third-order valence-corrected chi connectivity index (χ3v) is 4.91. The van der Waals surface area contributed by atoms with Gasteiger partial charge in [0.15, 0.2) is 6.61 Å². The molecule has 7 heteroatoms. The van der Waals surface area contributed by atoms with Crippen LogP contribution in [0.5, 0.6) is 5.75 Å². The Balaban J connectivity index is 1.55. The molecule has 2 aromatic carbocycles. The van der Waals surface area contributed by atoms with Crippen molar-refractivity contribution < 1.29 is 23.9 Å². The van der Waals surface area contributed by atoms with Crippen LogP contribution in [0.1, 0.15) is 36.9 Å². The van der Waals surface area contributed by atoms with Gasteiger partial charge in [0, 0.05) is 0 Å². The van der Waals surface area contributed by atoms with E-state index in [0.717, 1.165) is 11.1 Å². The Labute approximate surface area is 176 Å². The van der Waals surface area contributed by atoms with Gasteiger partial charge >= 0.3 is 5.97 Å². The van der Waals surface area contributed by atoms with Crippen molar-refractivity contribution in [1.82, 2.24) is 5.32 Å². The van der Waals surface area contributed by atoms with Gasteiger partial charge in [-0.15, -0.1) is 0 Å². The number of hydrogen-bond donors (Lipinski definition) is 1. The lowest BCUT2D eigenvalue weighted by Gasteiger charge is -2.21. The van der Waals surface area contributed by atoms with Gasteiger partial charge in [0.1, 0.15) is 12.3 Å². The van der Waals surface area contributed by atoms with E-state index < -0.39 is 12.6 Å². The summed E-state index contributed by atoms with van der Waals surface area (Å²) in [5.74, 6) is -0.732. The lowest BCUT2D eigenvalue weighted by molar-refractivity contribution is -0.147. The Hall–Kier alpha value is -3.35. The highest BCUT2D eigenvalue weighted by molar-refractivity contribution is 5.99. The number of ether oxygens (including phenoxy) is 2. The summed E-state index contributed by atoms with van der Waals surface area (Å²) in [4.78, 5) is 38.3. The quantitative estimate of drug-likeness (QED) is 0.710. The molecule has 2 aromatic rings. The molecule has 1 heterocycles. The molecule has 0 unspecified atom stereocenters. The second-order valence-corrected chi connectivity index (χ2v) is 7.15. The van der Waals surface area contributed by atoms with Crippen molar-refractivity contribution in [3.05, 3.63) is 59.7 Å². The van der Waals surface area contributed by atoms with E-state index in [-0.39, 0.29) is 37.4 Å². The Morgan fingerprint density at radius 2 is 1.90 bits per heavy atom. The van der Waals surface area contributed by atoms with E-state index in [2.05, 4.69) is 5.32 Å². The third kappa shape index (κ3) is 5.37. The van der Waals surface area contributed by atoms with Gasteiger partial charge in [-0.3, -0.25) is 19.3 Å². The summed E-state index contributed by atoms with van der Waals surface area (Å²) in [5, 5.41) is 2.88. The predicted octanol–water partition coefficient (Wildman–Crippen LogP) is 2.92. The van der Waals surface area contributed by atoms with Crippen LogP contribution in [0.15, 0.2) is 48.5 Å². The lowest BCUT2D eigenvalue weighted by Crippen LogP contribution is -2.38. The third-order valence-electron chi connectivity index (χ3n) is 4.91. The number of rotatable bonds is 7. The van der Waals surface area contributed by atoms with E-state index in [1.165, 1.54) is 4.90 Å². The predicted molar refractivity (Wildman–Crippen MR) is 112 cm³/mol. The number of aryl methyl sites for hydroxylation is 1. The summed E-state index contributed by atoms with van der Waals surface area (Å²) < 4.78 is 10.7. The zero-order valence-corrected chi connectivity index (χ0v) is 17.2. The number of nitrogens with zero attached hydrogens (tertiary/aromatic N) is 1. The highest BCUT2D eigenvalue weighted by atomic mass is 16.5. The van der Waals surface area contributed by atoms with Gasteiger partial charge in [0.05, 0.1) is 24.8 Å². The maximum atomic E-state index is 12.4. The van der Waals surface area contributed by atoms with Crippen LogP contribution in [0.25, 0.3) is 0 Å².